The molecule has 0 saturated carbocycles. The zero-order chi connectivity index (χ0) is 31.1. The number of carbonyl (C=O) groups is 4. The Labute approximate surface area is 260 Å². The van der Waals surface area contributed by atoms with E-state index < -0.39 is 5.91 Å². The predicted molar refractivity (Wildman–Crippen MR) is 175 cm³/mol. The van der Waals surface area contributed by atoms with Gasteiger partial charge in [0.25, 0.3) is 23.6 Å². The molecule has 8 nitrogen and oxygen atoms in total. The molecule has 5 rings (SSSR count). The van der Waals surface area contributed by atoms with Gasteiger partial charge >= 0.3 is 0 Å². The first-order chi connectivity index (χ1) is 21.3. The van der Waals surface area contributed by atoms with Gasteiger partial charge in [0, 0.05) is 42.5 Å². The van der Waals surface area contributed by atoms with Gasteiger partial charge in [0.15, 0.2) is 0 Å². The Balaban J connectivity index is 1.23. The van der Waals surface area contributed by atoms with Crippen LogP contribution in [-0.4, -0.2) is 54.9 Å². The Morgan fingerprint density at radius 2 is 1.48 bits per heavy atom. The van der Waals surface area contributed by atoms with E-state index in [0.29, 0.717) is 41.1 Å². The molecule has 1 heterocycles. The number of benzene rings is 4. The van der Waals surface area contributed by atoms with E-state index in [9.17, 15) is 19.2 Å². The van der Waals surface area contributed by atoms with E-state index in [-0.39, 0.29) is 23.4 Å². The molecular weight excluding hydrogens is 572 g/mol. The van der Waals surface area contributed by atoms with E-state index >= 15 is 0 Å². The van der Waals surface area contributed by atoms with Gasteiger partial charge in [0.2, 0.25) is 0 Å². The first-order valence-corrected chi connectivity index (χ1v) is 15.1. The Morgan fingerprint density at radius 1 is 0.818 bits per heavy atom. The van der Waals surface area contributed by atoms with Gasteiger partial charge in [-0.3, -0.25) is 24.1 Å². The first kappa shape index (κ1) is 30.3. The summed E-state index contributed by atoms with van der Waals surface area (Å²) in [5.41, 5.74) is 3.79. The molecule has 0 spiro atoms. The number of nitrogens with one attached hydrogen (secondary N) is 2. The van der Waals surface area contributed by atoms with Crippen molar-refractivity contribution in [1.29, 1.82) is 0 Å². The summed E-state index contributed by atoms with van der Waals surface area (Å²) < 4.78 is 0. The molecule has 0 atom stereocenters. The molecule has 222 valence electrons. The van der Waals surface area contributed by atoms with E-state index in [4.69, 9.17) is 0 Å². The molecule has 0 aromatic heterocycles. The van der Waals surface area contributed by atoms with E-state index in [1.807, 2.05) is 67.5 Å². The highest BCUT2D eigenvalue weighted by Crippen LogP contribution is 2.25. The average Bonchev–Trinajstić information content (AvgIpc) is 3.28. The molecular formula is C35H32N4O4S. The molecule has 0 radical (unpaired) electrons. The highest BCUT2D eigenvalue weighted by atomic mass is 32.2. The van der Waals surface area contributed by atoms with Crippen LogP contribution < -0.4 is 15.5 Å². The van der Waals surface area contributed by atoms with Crippen molar-refractivity contribution in [2.24, 2.45) is 0 Å². The fourth-order valence-electron chi connectivity index (χ4n) is 4.69. The highest BCUT2D eigenvalue weighted by Gasteiger charge is 2.34. The minimum Gasteiger partial charge on any atom is -0.378 e. The molecule has 44 heavy (non-hydrogen) atoms. The molecule has 4 aromatic rings. The van der Waals surface area contributed by atoms with Gasteiger partial charge in [0.1, 0.15) is 5.70 Å². The van der Waals surface area contributed by atoms with Crippen LogP contribution in [0.4, 0.5) is 11.4 Å². The van der Waals surface area contributed by atoms with Crippen molar-refractivity contribution in [1.82, 2.24) is 10.2 Å². The lowest BCUT2D eigenvalue weighted by Crippen LogP contribution is -2.31. The van der Waals surface area contributed by atoms with Crippen LogP contribution in [0.15, 0.2) is 114 Å². The average molecular weight is 605 g/mol. The number of nitrogens with zero attached hydrogens (tertiary/aromatic N) is 2. The molecule has 1 aliphatic heterocycles. The molecule has 0 fully saturated rings. The second-order valence-corrected chi connectivity index (χ2v) is 11.5. The van der Waals surface area contributed by atoms with Crippen LogP contribution in [0.25, 0.3) is 6.08 Å². The van der Waals surface area contributed by atoms with Crippen LogP contribution in [-0.2, 0) is 4.79 Å². The van der Waals surface area contributed by atoms with Crippen molar-refractivity contribution in [3.8, 4) is 0 Å². The van der Waals surface area contributed by atoms with Gasteiger partial charge in [-0.25, -0.2) is 0 Å². The summed E-state index contributed by atoms with van der Waals surface area (Å²) >= 11 is 1.57. The second kappa shape index (κ2) is 13.9. The predicted octanol–water partition coefficient (Wildman–Crippen LogP) is 5.94. The monoisotopic (exact) mass is 604 g/mol. The molecule has 0 saturated heterocycles. The minimum absolute atomic E-state index is 0.107. The molecule has 9 heteroatoms. The topological polar surface area (TPSA) is 98.8 Å². The Morgan fingerprint density at radius 3 is 2.14 bits per heavy atom. The van der Waals surface area contributed by atoms with Crippen molar-refractivity contribution in [3.63, 3.8) is 0 Å². The normalized spacial score (nSPS) is 12.6. The summed E-state index contributed by atoms with van der Waals surface area (Å²) in [5.74, 6) is -0.682. The number of hydrogen-bond donors (Lipinski definition) is 2. The van der Waals surface area contributed by atoms with Crippen molar-refractivity contribution >= 4 is 52.8 Å². The molecule has 4 amide bonds. The van der Waals surface area contributed by atoms with Crippen LogP contribution >= 0.6 is 11.8 Å². The number of rotatable bonds is 11. The number of imide groups is 1. The zero-order valence-electron chi connectivity index (χ0n) is 24.4. The Hall–Kier alpha value is -5.15. The zero-order valence-corrected chi connectivity index (χ0v) is 25.3. The number of amides is 4. The van der Waals surface area contributed by atoms with Gasteiger partial charge in [-0.15, -0.1) is 11.8 Å². The quantitative estimate of drug-likeness (QED) is 0.0952. The minimum atomic E-state index is -0.459. The molecule has 2 N–H and O–H groups in total. The maximum absolute atomic E-state index is 13.5. The van der Waals surface area contributed by atoms with E-state index in [1.165, 1.54) is 4.90 Å². The standard InChI is InChI=1S/C35H32N4O4S/c1-38(2)27-18-16-24(17-19-27)22-31(37-32(40)25-10-4-3-5-11-25)33(41)36-26-12-8-13-28(23-26)44-21-9-20-39-34(42)29-14-6-7-15-30(29)35(39)43/h3-8,10-19,22-23H,9,20-21H2,1-2H3,(H,36,41)(H,37,40)/b31-22+. The van der Waals surface area contributed by atoms with Crippen LogP contribution in [0.3, 0.4) is 0 Å². The number of anilines is 2. The maximum atomic E-state index is 13.5. The maximum Gasteiger partial charge on any atom is 0.272 e. The number of carbonyl (C=O) groups excluding carboxylic acids is 4. The van der Waals surface area contributed by atoms with Crippen LogP contribution in [0.5, 0.6) is 0 Å². The summed E-state index contributed by atoms with van der Waals surface area (Å²) in [5, 5.41) is 5.68. The number of fused-ring (bicyclic) bond motifs is 1. The lowest BCUT2D eigenvalue weighted by atomic mass is 10.1. The molecule has 1 aliphatic rings. The third-order valence-electron chi connectivity index (χ3n) is 7.01. The van der Waals surface area contributed by atoms with Gasteiger partial charge in [0.05, 0.1) is 11.1 Å². The summed E-state index contributed by atoms with van der Waals surface area (Å²) in [7, 11) is 3.90. The Kier molecular flexibility index (Phi) is 9.56. The number of thioether (sulfide) groups is 1. The molecule has 0 aliphatic carbocycles. The van der Waals surface area contributed by atoms with Crippen molar-refractivity contribution < 1.29 is 19.2 Å². The third-order valence-corrected chi connectivity index (χ3v) is 8.09. The van der Waals surface area contributed by atoms with Gasteiger partial charge in [-0.1, -0.05) is 48.5 Å². The lowest BCUT2D eigenvalue weighted by Gasteiger charge is -2.14. The van der Waals surface area contributed by atoms with E-state index in [1.54, 1.807) is 72.4 Å². The molecule has 0 unspecified atom stereocenters. The SMILES string of the molecule is CN(C)c1ccc(/C=C(/NC(=O)c2ccccc2)C(=O)Nc2cccc(SCCCN3C(=O)c4ccccc4C3=O)c2)cc1. The smallest absolute Gasteiger partial charge is 0.272 e. The largest absolute Gasteiger partial charge is 0.378 e. The van der Waals surface area contributed by atoms with E-state index in [0.717, 1.165) is 16.1 Å². The lowest BCUT2D eigenvalue weighted by molar-refractivity contribution is -0.113. The highest BCUT2D eigenvalue weighted by molar-refractivity contribution is 7.99. The van der Waals surface area contributed by atoms with Crippen molar-refractivity contribution in [2.45, 2.75) is 11.3 Å². The van der Waals surface area contributed by atoms with Crippen LogP contribution in [0.1, 0.15) is 43.1 Å². The van der Waals surface area contributed by atoms with E-state index in [2.05, 4.69) is 10.6 Å². The van der Waals surface area contributed by atoms with Crippen molar-refractivity contribution in [2.75, 3.05) is 36.6 Å². The third kappa shape index (κ3) is 7.25. The number of hydrogen-bond acceptors (Lipinski definition) is 6. The fraction of sp³-hybridized carbons (Fsp3) is 0.143. The fourth-order valence-corrected chi connectivity index (χ4v) is 5.59. The van der Waals surface area contributed by atoms with Gasteiger partial charge < -0.3 is 15.5 Å². The van der Waals surface area contributed by atoms with Crippen molar-refractivity contribution in [3.05, 3.63) is 131 Å². The van der Waals surface area contributed by atoms with Gasteiger partial charge in [-0.2, -0.15) is 0 Å². The summed E-state index contributed by atoms with van der Waals surface area (Å²) in [6.45, 7) is 0.334. The first-order valence-electron chi connectivity index (χ1n) is 14.1. The summed E-state index contributed by atoms with van der Waals surface area (Å²) in [4.78, 5) is 55.8. The summed E-state index contributed by atoms with van der Waals surface area (Å²) in [6, 6.07) is 30.7. The molecule has 0 bridgehead atoms. The molecule has 4 aromatic carbocycles. The summed E-state index contributed by atoms with van der Waals surface area (Å²) in [6.07, 6.45) is 2.27. The van der Waals surface area contributed by atoms with Crippen LogP contribution in [0.2, 0.25) is 0 Å². The second-order valence-electron chi connectivity index (χ2n) is 10.4. The van der Waals surface area contributed by atoms with Gasteiger partial charge in [-0.05, 0) is 78.4 Å². The Bertz CT molecular complexity index is 1680. The van der Waals surface area contributed by atoms with Crippen LogP contribution in [0, 0.1) is 0 Å².